The number of rotatable bonds is 7. The molecule has 1 amide bonds. The summed E-state index contributed by atoms with van der Waals surface area (Å²) in [6, 6.07) is 16.0. The second-order valence-corrected chi connectivity index (χ2v) is 8.07. The molecule has 1 atom stereocenters. The molecule has 0 spiro atoms. The first-order valence-electron chi connectivity index (χ1n) is 10.8. The molecule has 164 valence electrons. The molecule has 1 aromatic heterocycles. The largest absolute Gasteiger partial charge is 0.507 e. The molecule has 6 nitrogen and oxygen atoms in total. The fraction of sp³-hybridized carbons (Fsp3) is 0.269. The van der Waals surface area contributed by atoms with Crippen molar-refractivity contribution in [2.24, 2.45) is 0 Å². The van der Waals surface area contributed by atoms with Crippen LogP contribution in [0.3, 0.4) is 0 Å². The Bertz CT molecular complexity index is 1170. The lowest BCUT2D eigenvalue weighted by Crippen LogP contribution is -2.31. The average Bonchev–Trinajstić information content (AvgIpc) is 3.06. The van der Waals surface area contributed by atoms with Gasteiger partial charge in [0.1, 0.15) is 5.76 Å². The highest BCUT2D eigenvalue weighted by Gasteiger charge is 2.45. The first-order valence-corrected chi connectivity index (χ1v) is 10.8. The number of hydrogen-bond donors (Lipinski definition) is 1. The number of ether oxygens (including phenoxy) is 1. The summed E-state index contributed by atoms with van der Waals surface area (Å²) >= 11 is 0. The molecule has 0 saturated carbocycles. The van der Waals surface area contributed by atoms with Crippen molar-refractivity contribution >= 4 is 28.2 Å². The monoisotopic (exact) mass is 430 g/mol. The van der Waals surface area contributed by atoms with Crippen LogP contribution in [0, 0.1) is 0 Å². The minimum absolute atomic E-state index is 0.0905. The second-order valence-electron chi connectivity index (χ2n) is 8.07. The Kier molecular flexibility index (Phi) is 6.32. The van der Waals surface area contributed by atoms with Crippen LogP contribution < -0.4 is 0 Å². The summed E-state index contributed by atoms with van der Waals surface area (Å²) in [7, 11) is 0. The number of Topliss-reactive ketones (excluding diaryl/α,β-unsaturated/α-hetero) is 1. The molecule has 1 aliphatic heterocycles. The van der Waals surface area contributed by atoms with E-state index in [1.165, 1.54) is 4.90 Å². The number of aliphatic hydroxyl groups is 1. The van der Waals surface area contributed by atoms with Crippen LogP contribution in [0.5, 0.6) is 0 Å². The Morgan fingerprint density at radius 3 is 2.53 bits per heavy atom. The number of fused-ring (bicyclic) bond motifs is 1. The Balaban J connectivity index is 1.80. The van der Waals surface area contributed by atoms with E-state index in [9.17, 15) is 14.7 Å². The number of carbonyl (C=O) groups is 2. The number of aliphatic hydroxyl groups excluding tert-OH is 1. The lowest BCUT2D eigenvalue weighted by atomic mass is 9.94. The number of carbonyl (C=O) groups excluding carboxylic acids is 2. The third-order valence-corrected chi connectivity index (χ3v) is 5.60. The number of hydrogen-bond acceptors (Lipinski definition) is 5. The number of ketones is 1. The molecule has 1 fully saturated rings. The van der Waals surface area contributed by atoms with E-state index in [1.807, 2.05) is 50.2 Å². The number of pyridine rings is 1. The molecule has 2 aromatic carbocycles. The maximum atomic E-state index is 13.1. The molecule has 1 aliphatic rings. The zero-order valence-electron chi connectivity index (χ0n) is 18.2. The molecule has 0 radical (unpaired) electrons. The third kappa shape index (κ3) is 4.14. The smallest absolute Gasteiger partial charge is 0.295 e. The lowest BCUT2D eigenvalue weighted by molar-refractivity contribution is -0.140. The average molecular weight is 431 g/mol. The summed E-state index contributed by atoms with van der Waals surface area (Å²) in [5, 5.41) is 13.1. The van der Waals surface area contributed by atoms with Crippen molar-refractivity contribution in [2.75, 3.05) is 13.2 Å². The number of likely N-dealkylation sites (tertiary alicyclic amines) is 1. The molecule has 0 aliphatic carbocycles. The molecule has 32 heavy (non-hydrogen) atoms. The minimum Gasteiger partial charge on any atom is -0.507 e. The van der Waals surface area contributed by atoms with Crippen LogP contribution in [0.4, 0.5) is 0 Å². The zero-order chi connectivity index (χ0) is 22.7. The SMILES string of the molecule is CC(C)OCCCN1C(=O)C(=O)/C(=C(\O)c2cccc3ccccc23)C1c1ccncc1. The van der Waals surface area contributed by atoms with Gasteiger partial charge in [-0.3, -0.25) is 14.6 Å². The standard InChI is InChI=1S/C26H26N2O4/c1-17(2)32-16-6-15-28-23(19-11-13-27-14-12-19)22(25(30)26(28)31)24(29)21-10-5-8-18-7-3-4-9-20(18)21/h3-5,7-14,17,23,29H,6,15-16H2,1-2H3/b24-22-. The number of aromatic nitrogens is 1. The van der Waals surface area contributed by atoms with Gasteiger partial charge in [-0.15, -0.1) is 0 Å². The van der Waals surface area contributed by atoms with Crippen molar-refractivity contribution in [3.63, 3.8) is 0 Å². The third-order valence-electron chi connectivity index (χ3n) is 5.60. The van der Waals surface area contributed by atoms with Gasteiger partial charge in [0.15, 0.2) is 0 Å². The van der Waals surface area contributed by atoms with E-state index in [1.54, 1.807) is 30.6 Å². The van der Waals surface area contributed by atoms with Crippen LogP contribution in [0.15, 0.2) is 72.6 Å². The lowest BCUT2D eigenvalue weighted by Gasteiger charge is -2.25. The summed E-state index contributed by atoms with van der Waals surface area (Å²) < 4.78 is 5.60. The second kappa shape index (κ2) is 9.32. The number of amides is 1. The molecule has 1 unspecified atom stereocenters. The Morgan fingerprint density at radius 2 is 1.78 bits per heavy atom. The van der Waals surface area contributed by atoms with E-state index in [2.05, 4.69) is 4.98 Å². The molecule has 1 N–H and O–H groups in total. The topological polar surface area (TPSA) is 79.7 Å². The Hall–Kier alpha value is -3.51. The number of nitrogens with zero attached hydrogens (tertiary/aromatic N) is 2. The minimum atomic E-state index is -0.684. The first kappa shape index (κ1) is 21.7. The van der Waals surface area contributed by atoms with Crippen LogP contribution in [-0.4, -0.2) is 45.9 Å². The van der Waals surface area contributed by atoms with Crippen molar-refractivity contribution in [3.8, 4) is 0 Å². The van der Waals surface area contributed by atoms with Gasteiger partial charge in [-0.25, -0.2) is 0 Å². The zero-order valence-corrected chi connectivity index (χ0v) is 18.2. The maximum absolute atomic E-state index is 13.1. The maximum Gasteiger partial charge on any atom is 0.295 e. The van der Waals surface area contributed by atoms with Crippen molar-refractivity contribution in [1.29, 1.82) is 0 Å². The van der Waals surface area contributed by atoms with Crippen LogP contribution in [-0.2, 0) is 14.3 Å². The Morgan fingerprint density at radius 1 is 1.06 bits per heavy atom. The molecular weight excluding hydrogens is 404 g/mol. The van der Waals surface area contributed by atoms with Gasteiger partial charge in [0.05, 0.1) is 17.7 Å². The van der Waals surface area contributed by atoms with Crippen molar-refractivity contribution in [1.82, 2.24) is 9.88 Å². The highest BCUT2D eigenvalue weighted by molar-refractivity contribution is 6.46. The van der Waals surface area contributed by atoms with Crippen molar-refractivity contribution in [2.45, 2.75) is 32.4 Å². The fourth-order valence-electron chi connectivity index (χ4n) is 4.13. The predicted octanol–water partition coefficient (Wildman–Crippen LogP) is 4.47. The Labute approximate surface area is 187 Å². The molecule has 4 rings (SSSR count). The van der Waals surface area contributed by atoms with E-state index in [0.717, 1.165) is 16.3 Å². The van der Waals surface area contributed by atoms with Gasteiger partial charge in [0.25, 0.3) is 11.7 Å². The van der Waals surface area contributed by atoms with Gasteiger partial charge in [-0.1, -0.05) is 42.5 Å². The van der Waals surface area contributed by atoms with Crippen LogP contribution in [0.1, 0.15) is 37.4 Å². The van der Waals surface area contributed by atoms with E-state index in [-0.39, 0.29) is 17.4 Å². The van der Waals surface area contributed by atoms with Gasteiger partial charge in [0, 0.05) is 31.1 Å². The number of benzene rings is 2. The quantitative estimate of drug-likeness (QED) is 0.259. The summed E-state index contributed by atoms with van der Waals surface area (Å²) in [5.41, 5.74) is 1.36. The molecule has 3 aromatic rings. The van der Waals surface area contributed by atoms with E-state index < -0.39 is 17.7 Å². The summed E-state index contributed by atoms with van der Waals surface area (Å²) in [6.45, 7) is 4.73. The molecular formula is C26H26N2O4. The van der Waals surface area contributed by atoms with E-state index >= 15 is 0 Å². The van der Waals surface area contributed by atoms with Crippen LogP contribution >= 0.6 is 0 Å². The van der Waals surface area contributed by atoms with E-state index in [4.69, 9.17) is 4.74 Å². The van der Waals surface area contributed by atoms with Crippen LogP contribution in [0.2, 0.25) is 0 Å². The van der Waals surface area contributed by atoms with Crippen molar-refractivity contribution < 1.29 is 19.4 Å². The molecule has 6 heteroatoms. The molecule has 0 bridgehead atoms. The van der Waals surface area contributed by atoms with Gasteiger partial charge >= 0.3 is 0 Å². The molecule has 1 saturated heterocycles. The highest BCUT2D eigenvalue weighted by atomic mass is 16.5. The highest BCUT2D eigenvalue weighted by Crippen LogP contribution is 2.40. The van der Waals surface area contributed by atoms with Gasteiger partial charge in [-0.2, -0.15) is 0 Å². The first-order chi connectivity index (χ1) is 15.5. The van der Waals surface area contributed by atoms with Gasteiger partial charge in [-0.05, 0) is 48.7 Å². The fourth-order valence-corrected chi connectivity index (χ4v) is 4.13. The van der Waals surface area contributed by atoms with E-state index in [0.29, 0.717) is 25.1 Å². The summed E-state index contributed by atoms with van der Waals surface area (Å²) in [6.07, 6.45) is 3.92. The summed E-state index contributed by atoms with van der Waals surface area (Å²) in [5.74, 6) is -1.46. The van der Waals surface area contributed by atoms with Crippen LogP contribution in [0.25, 0.3) is 16.5 Å². The van der Waals surface area contributed by atoms with Gasteiger partial charge < -0.3 is 14.7 Å². The predicted molar refractivity (Wildman–Crippen MR) is 123 cm³/mol. The normalized spacial score (nSPS) is 18.1. The molecule has 2 heterocycles. The van der Waals surface area contributed by atoms with Crippen molar-refractivity contribution in [3.05, 3.63) is 83.7 Å². The van der Waals surface area contributed by atoms with Gasteiger partial charge in [0.2, 0.25) is 0 Å². The summed E-state index contributed by atoms with van der Waals surface area (Å²) in [4.78, 5) is 31.7.